The van der Waals surface area contributed by atoms with Crippen molar-refractivity contribution in [1.82, 2.24) is 58.5 Å². The van der Waals surface area contributed by atoms with Gasteiger partial charge in [0.25, 0.3) is 11.7 Å². The number of nitrogens with two attached hydrogens (primary N) is 3. The predicted molar refractivity (Wildman–Crippen MR) is 574 cm³/mol. The van der Waals surface area contributed by atoms with Crippen LogP contribution in [-0.4, -0.2) is 364 Å². The number of aliphatic carboxylic acids is 1. The molecule has 43 nitrogen and oxygen atoms in total. The summed E-state index contributed by atoms with van der Waals surface area (Å²) in [6, 6.07) is 10.9. The molecule has 0 aliphatic rings. The Balaban J connectivity index is -0.00000149. The van der Waals surface area contributed by atoms with E-state index >= 15 is 0 Å². The summed E-state index contributed by atoms with van der Waals surface area (Å²) in [5, 5.41) is 39.3. The molecule has 0 saturated carbocycles. The SMILES string of the molecule is CC.CCCOCCOCCC(=O)NCCCCC(NC(=O)CCOCCOCCC)C(=O)NCCCCC(NC(=O)C(CCCCNC(=O)CCOCCOCCC)NC(=O)CCOCCOCCC)C(=O)NCCOCCOCCCC(=O)COc1ccc(CC)cc1.CCc1ccc(OCC(=O)NCCOCCOCCN)cc1.CN.CNC(=O)[C@@H](N)CCOC(=O)[C@H](CC(C)C)NC.CN[C@@H](CC(C)C)C(=O)C(=O)O. The van der Waals surface area contributed by atoms with Gasteiger partial charge in [0.15, 0.2) is 12.4 Å². The van der Waals surface area contributed by atoms with Crippen molar-refractivity contribution in [3.63, 3.8) is 0 Å². The molecule has 0 saturated heterocycles. The number of likely N-dealkylation sites (N-methyl/N-ethyl adjacent to an activating group) is 3. The van der Waals surface area contributed by atoms with Crippen LogP contribution in [0.25, 0.3) is 0 Å². The molecule has 0 aromatic heterocycles. The Hall–Kier alpha value is -9.13. The zero-order chi connectivity index (χ0) is 112. The fourth-order valence-corrected chi connectivity index (χ4v) is 12.8. The minimum atomic E-state index is -1.37. The summed E-state index contributed by atoms with van der Waals surface area (Å²) in [5.41, 5.74) is 17.8. The summed E-state index contributed by atoms with van der Waals surface area (Å²) in [5.74, 6) is -3.39. The molecule has 2 rings (SSSR count). The average Bonchev–Trinajstić information content (AvgIpc) is 0.886. The van der Waals surface area contributed by atoms with Gasteiger partial charge >= 0.3 is 11.9 Å². The van der Waals surface area contributed by atoms with Crippen LogP contribution in [0.2, 0.25) is 0 Å². The maximum atomic E-state index is 14.2. The van der Waals surface area contributed by atoms with Gasteiger partial charge in [-0.15, -0.1) is 0 Å². The first-order valence-corrected chi connectivity index (χ1v) is 53.7. The highest BCUT2D eigenvalue weighted by molar-refractivity contribution is 6.34. The molecule has 149 heavy (non-hydrogen) atoms. The van der Waals surface area contributed by atoms with E-state index in [1.807, 2.05) is 118 Å². The van der Waals surface area contributed by atoms with Gasteiger partial charge in [0.05, 0.1) is 144 Å². The fraction of sp³-hybridized carbons (Fsp3) is 0.764. The third-order valence-electron chi connectivity index (χ3n) is 20.9. The standard InChI is InChI=1S/C67H119N7O19.C16H26N2O4.C12H25N3O3.C8H15NO3.C2H6.CH5N/c1-6-34-83-44-49-88-39-26-61(76)68-30-14-11-19-58(72-63(78)28-41-90-51-46-85-36-8-3)65(80)70-32-16-13-20-59(66(81)71-33-43-92-53-48-87-38-17-18-56(75)54-93-57-24-22-55(10-5)23-25-57)74-67(82)60(73-64(79)29-42-91-52-47-86-37-9-4)21-12-15-31-69-62(77)27-40-89-50-45-84-35-7-2;1-2-14-3-5-15(6-4-14)22-13-16(19)18-8-10-21-12-11-20-9-7-17;1-8(2)7-10(14-3)12(17)18-6-5-9(13)11(16)15-4;1-5(2)4-6(9-3)7(10)8(11)12;2*1-2/h22-25,58-60H,6-21,26-54H2,1-5H3,(H,68,76)(H,69,77)(H,70,80)(H,71,81)(H,72,78)(H,73,79)(H,74,82);3-6H,2,7-13,17H2,1H3,(H,18,19);8-10,14H,5-7,13H2,1-4H3,(H,15,16);5-6,9H,4H2,1-3H3,(H,11,12);1-2H3;2H2,1H3/t;;9-,10-;6-;;/m..00../s1. The summed E-state index contributed by atoms with van der Waals surface area (Å²) in [6.45, 7) is 35.8. The third kappa shape index (κ3) is 92.3. The molecule has 864 valence electrons. The second kappa shape index (κ2) is 107. The van der Waals surface area contributed by atoms with E-state index in [0.717, 1.165) is 44.9 Å². The smallest absolute Gasteiger partial charge is 0.373 e. The second-order valence-electron chi connectivity index (χ2n) is 34.6. The Bertz CT molecular complexity index is 3630. The molecule has 0 radical (unpaired) electrons. The first kappa shape index (κ1) is 146. The molecule has 0 aliphatic heterocycles. The van der Waals surface area contributed by atoms with Crippen LogP contribution in [0, 0.1) is 11.8 Å². The van der Waals surface area contributed by atoms with Crippen molar-refractivity contribution in [2.45, 2.75) is 273 Å². The molecule has 0 bridgehead atoms. The molecule has 43 heteroatoms. The van der Waals surface area contributed by atoms with Gasteiger partial charge in [-0.05, 0) is 184 Å². The Labute approximate surface area is 888 Å². The van der Waals surface area contributed by atoms with Crippen molar-refractivity contribution < 1.29 is 138 Å². The molecule has 0 spiro atoms. The lowest BCUT2D eigenvalue weighted by Crippen LogP contribution is -2.54. The number of ether oxygens (including phenoxy) is 15. The highest BCUT2D eigenvalue weighted by Gasteiger charge is 2.29. The molecular weight excluding hydrogens is 1930 g/mol. The summed E-state index contributed by atoms with van der Waals surface area (Å²) >= 11 is 0. The van der Waals surface area contributed by atoms with Crippen LogP contribution >= 0.6 is 0 Å². The number of hydrogen-bond acceptors (Lipinski definition) is 33. The highest BCUT2D eigenvalue weighted by Crippen LogP contribution is 2.16. The van der Waals surface area contributed by atoms with E-state index in [2.05, 4.69) is 78.1 Å². The summed E-state index contributed by atoms with van der Waals surface area (Å²) < 4.78 is 81.8. The van der Waals surface area contributed by atoms with Gasteiger partial charge in [-0.1, -0.05) is 107 Å². The molecule has 9 amide bonds. The maximum Gasteiger partial charge on any atom is 0.373 e. The van der Waals surface area contributed by atoms with E-state index < -0.39 is 65.6 Å². The summed E-state index contributed by atoms with van der Waals surface area (Å²) in [4.78, 5) is 161. The molecule has 0 heterocycles. The number of carbonyl (C=O) groups is 13. The monoisotopic (exact) mass is 2130 g/mol. The van der Waals surface area contributed by atoms with E-state index in [4.69, 9.17) is 87.6 Å². The zero-order valence-electron chi connectivity index (χ0n) is 93.2. The number of benzene rings is 2. The van der Waals surface area contributed by atoms with E-state index in [1.165, 1.54) is 25.2 Å². The fourth-order valence-electron chi connectivity index (χ4n) is 12.8. The van der Waals surface area contributed by atoms with Gasteiger partial charge in [0.2, 0.25) is 47.3 Å². The first-order valence-electron chi connectivity index (χ1n) is 53.7. The number of hydrogen-bond donors (Lipinski definition) is 15. The van der Waals surface area contributed by atoms with Gasteiger partial charge in [0, 0.05) is 118 Å². The molecule has 18 N–H and O–H groups in total. The quantitative estimate of drug-likeness (QED) is 0.0205. The predicted octanol–water partition coefficient (Wildman–Crippen LogP) is 6.01. The Morgan fingerprint density at radius 2 is 0.664 bits per heavy atom. The van der Waals surface area contributed by atoms with Gasteiger partial charge in [-0.25, -0.2) is 4.79 Å². The number of rotatable bonds is 92. The van der Waals surface area contributed by atoms with Crippen LogP contribution in [-0.2, 0) is 137 Å². The zero-order valence-corrected chi connectivity index (χ0v) is 93.2. The van der Waals surface area contributed by atoms with Crippen LogP contribution in [0.4, 0.5) is 0 Å². The first-order chi connectivity index (χ1) is 72.0. The number of carbonyl (C=O) groups excluding carboxylic acids is 12. The van der Waals surface area contributed by atoms with E-state index in [0.29, 0.717) is 232 Å². The van der Waals surface area contributed by atoms with Crippen LogP contribution in [0.5, 0.6) is 11.5 Å². The molecule has 2 aromatic rings. The maximum absolute atomic E-state index is 14.2. The molecule has 0 aliphatic carbocycles. The van der Waals surface area contributed by atoms with E-state index in [-0.39, 0.29) is 165 Å². The second-order valence-corrected chi connectivity index (χ2v) is 34.6. The van der Waals surface area contributed by atoms with Gasteiger partial charge in [0.1, 0.15) is 42.3 Å². The lowest BCUT2D eigenvalue weighted by atomic mass is 10.0. The number of Topliss-reactive ketones (excluding diaryl/α,β-unsaturated/α-hetero) is 2. The topological polar surface area (TPSA) is 591 Å². The van der Waals surface area contributed by atoms with Gasteiger partial charge in [-0.3, -0.25) is 57.5 Å². The Morgan fingerprint density at radius 3 is 1.04 bits per heavy atom. The Morgan fingerprint density at radius 1 is 0.329 bits per heavy atom. The lowest BCUT2D eigenvalue weighted by molar-refractivity contribution is -0.150. The van der Waals surface area contributed by atoms with Crippen molar-refractivity contribution in [2.75, 3.05) is 246 Å². The lowest BCUT2D eigenvalue weighted by Gasteiger charge is -2.24. The largest absolute Gasteiger partial charge is 0.486 e. The normalized spacial score (nSPS) is 12.0. The van der Waals surface area contributed by atoms with Crippen LogP contribution in [0.15, 0.2) is 48.5 Å². The van der Waals surface area contributed by atoms with Crippen LogP contribution < -0.4 is 85.2 Å². The van der Waals surface area contributed by atoms with Crippen molar-refractivity contribution in [3.8, 4) is 11.5 Å². The minimum Gasteiger partial charge on any atom is -0.486 e. The van der Waals surface area contributed by atoms with Crippen molar-refractivity contribution in [2.24, 2.45) is 29.0 Å². The van der Waals surface area contributed by atoms with E-state index in [9.17, 15) is 62.3 Å². The summed E-state index contributed by atoms with van der Waals surface area (Å²) in [6.07, 6.45) is 11.8. The van der Waals surface area contributed by atoms with E-state index in [1.54, 1.807) is 14.1 Å². The molecule has 6 atom stereocenters. The number of amides is 9. The van der Waals surface area contributed by atoms with Gasteiger partial charge in [-0.2, -0.15) is 0 Å². The number of carboxylic acids is 1. The Kier molecular flexibility index (Phi) is 105. The molecule has 3 unspecified atom stereocenters. The highest BCUT2D eigenvalue weighted by atomic mass is 16.6. The third-order valence-corrected chi connectivity index (χ3v) is 20.9. The molecule has 0 fully saturated rings. The number of aryl methyl sites for hydroxylation is 2. The number of ketones is 2. The van der Waals surface area contributed by atoms with Crippen LogP contribution in [0.1, 0.15) is 235 Å². The number of nitrogens with one attached hydrogen (secondary N) is 11. The summed E-state index contributed by atoms with van der Waals surface area (Å²) in [7, 11) is 6.34. The average molecular weight is 2130 g/mol. The van der Waals surface area contributed by atoms with Gasteiger partial charge < -0.3 is 152 Å². The van der Waals surface area contributed by atoms with Crippen molar-refractivity contribution in [3.05, 3.63) is 59.7 Å². The number of esters is 1. The van der Waals surface area contributed by atoms with Crippen molar-refractivity contribution >= 4 is 76.7 Å². The minimum absolute atomic E-state index is 0.00504. The van der Waals surface area contributed by atoms with Crippen LogP contribution in [0.3, 0.4) is 0 Å². The molecule has 2 aromatic carbocycles. The number of carboxylic acid groups (broad SMARTS) is 1. The molecular formula is C106H196N14O29. The number of unbranched alkanes of at least 4 members (excludes halogenated alkanes) is 3. The van der Waals surface area contributed by atoms with Crippen molar-refractivity contribution in [1.29, 1.82) is 0 Å².